The molecule has 2 unspecified atom stereocenters. The van der Waals surface area contributed by atoms with Gasteiger partial charge >= 0.3 is 0 Å². The van der Waals surface area contributed by atoms with Gasteiger partial charge in [-0.2, -0.15) is 0 Å². The first-order valence-electron chi connectivity index (χ1n) is 7.78. The van der Waals surface area contributed by atoms with Crippen molar-refractivity contribution in [2.75, 3.05) is 18.9 Å². The number of aliphatic hydroxyl groups excluding tert-OH is 1. The van der Waals surface area contributed by atoms with Gasteiger partial charge in [0.05, 0.1) is 12.1 Å². The molecule has 0 aromatic carbocycles. The third kappa shape index (κ3) is 3.94. The summed E-state index contributed by atoms with van der Waals surface area (Å²) in [6.45, 7) is 2.92. The van der Waals surface area contributed by atoms with Crippen LogP contribution in [0.1, 0.15) is 49.4 Å². The summed E-state index contributed by atoms with van der Waals surface area (Å²) in [6, 6.07) is 3.43. The molecule has 1 amide bonds. The van der Waals surface area contributed by atoms with Crippen molar-refractivity contribution in [2.24, 2.45) is 0 Å². The number of nitrogens with one attached hydrogen (secondary N) is 1. The number of hydrogen-bond donors (Lipinski definition) is 2. The van der Waals surface area contributed by atoms with E-state index in [1.54, 1.807) is 30.3 Å². The van der Waals surface area contributed by atoms with Gasteiger partial charge in [-0.05, 0) is 31.4 Å². The molecule has 1 saturated carbocycles. The topological polar surface area (TPSA) is 65.5 Å². The quantitative estimate of drug-likeness (QED) is 0.873. The van der Waals surface area contributed by atoms with Crippen molar-refractivity contribution in [2.45, 2.75) is 51.2 Å². The Morgan fingerprint density at radius 3 is 2.95 bits per heavy atom. The molecule has 21 heavy (non-hydrogen) atoms. The van der Waals surface area contributed by atoms with Crippen molar-refractivity contribution in [1.29, 1.82) is 0 Å². The molecule has 5 nitrogen and oxygen atoms in total. The number of carbonyl (C=O) groups excluding carboxylic acids is 1. The van der Waals surface area contributed by atoms with E-state index >= 15 is 0 Å². The van der Waals surface area contributed by atoms with Gasteiger partial charge in [-0.15, -0.1) is 0 Å². The average molecular weight is 291 g/mol. The number of aliphatic hydroxyl groups is 1. The fourth-order valence-electron chi connectivity index (χ4n) is 2.81. The molecule has 0 saturated heterocycles. The van der Waals surface area contributed by atoms with E-state index in [0.29, 0.717) is 5.56 Å². The van der Waals surface area contributed by atoms with Gasteiger partial charge in [-0.25, -0.2) is 4.98 Å². The van der Waals surface area contributed by atoms with Gasteiger partial charge in [-0.3, -0.25) is 4.79 Å². The molecule has 0 radical (unpaired) electrons. The Balaban J connectivity index is 2.07. The summed E-state index contributed by atoms with van der Waals surface area (Å²) in [5.41, 5.74) is 0.615. The molecule has 0 spiro atoms. The molecule has 2 atom stereocenters. The third-order valence-corrected chi connectivity index (χ3v) is 4.07. The summed E-state index contributed by atoms with van der Waals surface area (Å²) < 4.78 is 0. The minimum Gasteiger partial charge on any atom is -0.391 e. The van der Waals surface area contributed by atoms with Crippen LogP contribution in [0.2, 0.25) is 0 Å². The lowest BCUT2D eigenvalue weighted by molar-refractivity contribution is 0.0268. The minimum absolute atomic E-state index is 0.0529. The molecular formula is C16H25N3O2. The van der Waals surface area contributed by atoms with Gasteiger partial charge in [0, 0.05) is 25.4 Å². The van der Waals surface area contributed by atoms with E-state index in [9.17, 15) is 9.90 Å². The van der Waals surface area contributed by atoms with Crippen molar-refractivity contribution < 1.29 is 9.90 Å². The highest BCUT2D eigenvalue weighted by atomic mass is 16.3. The number of amides is 1. The van der Waals surface area contributed by atoms with Crippen LogP contribution in [-0.4, -0.2) is 46.6 Å². The number of rotatable bonds is 5. The van der Waals surface area contributed by atoms with Gasteiger partial charge in [0.25, 0.3) is 5.91 Å². The fourth-order valence-corrected chi connectivity index (χ4v) is 2.81. The van der Waals surface area contributed by atoms with Crippen LogP contribution in [0.3, 0.4) is 0 Å². The first kappa shape index (κ1) is 15.8. The number of carbonyl (C=O) groups is 1. The highest BCUT2D eigenvalue weighted by molar-refractivity contribution is 5.94. The molecule has 0 aliphatic heterocycles. The molecule has 1 aliphatic rings. The van der Waals surface area contributed by atoms with E-state index in [2.05, 4.69) is 17.2 Å². The number of nitrogens with zero attached hydrogens (tertiary/aromatic N) is 2. The number of pyridine rings is 1. The Bertz CT molecular complexity index is 478. The first-order valence-corrected chi connectivity index (χ1v) is 7.78. The van der Waals surface area contributed by atoms with Gasteiger partial charge in [0.15, 0.2) is 0 Å². The molecule has 116 valence electrons. The van der Waals surface area contributed by atoms with Crippen LogP contribution < -0.4 is 5.32 Å². The van der Waals surface area contributed by atoms with E-state index in [-0.39, 0.29) is 11.9 Å². The zero-order valence-corrected chi connectivity index (χ0v) is 12.9. The predicted molar refractivity (Wildman–Crippen MR) is 83.4 cm³/mol. The second kappa shape index (κ2) is 7.41. The number of anilines is 1. The lowest BCUT2D eigenvalue weighted by Crippen LogP contribution is -2.46. The van der Waals surface area contributed by atoms with Crippen LogP contribution >= 0.6 is 0 Å². The Hall–Kier alpha value is -1.62. The molecule has 1 aromatic rings. The maximum atomic E-state index is 12.6. The second-order valence-corrected chi connectivity index (χ2v) is 5.69. The van der Waals surface area contributed by atoms with E-state index in [1.807, 2.05) is 0 Å². The van der Waals surface area contributed by atoms with Crippen LogP contribution in [-0.2, 0) is 0 Å². The summed E-state index contributed by atoms with van der Waals surface area (Å²) in [4.78, 5) is 18.5. The van der Waals surface area contributed by atoms with Gasteiger partial charge < -0.3 is 15.3 Å². The maximum Gasteiger partial charge on any atom is 0.254 e. The standard InChI is InChI=1S/C16H25N3O2/c1-3-9-17-15-11-12(8-10-18-15)16(21)19(2)13-6-4-5-7-14(13)20/h8,10-11,13-14,20H,3-7,9H2,1-2H3,(H,17,18). The van der Waals surface area contributed by atoms with Crippen molar-refractivity contribution in [3.8, 4) is 0 Å². The minimum atomic E-state index is -0.410. The molecule has 1 fully saturated rings. The Kier molecular flexibility index (Phi) is 5.56. The fraction of sp³-hybridized carbons (Fsp3) is 0.625. The van der Waals surface area contributed by atoms with Gasteiger partial charge in [-0.1, -0.05) is 19.8 Å². The zero-order valence-electron chi connectivity index (χ0n) is 12.9. The molecule has 0 bridgehead atoms. The number of likely N-dealkylation sites (N-methyl/N-ethyl adjacent to an activating group) is 1. The molecule has 1 aromatic heterocycles. The van der Waals surface area contributed by atoms with Crippen molar-refractivity contribution >= 4 is 11.7 Å². The summed E-state index contributed by atoms with van der Waals surface area (Å²) in [5.74, 6) is 0.670. The van der Waals surface area contributed by atoms with Gasteiger partial charge in [0.1, 0.15) is 5.82 Å². The number of hydrogen-bond acceptors (Lipinski definition) is 4. The summed E-state index contributed by atoms with van der Waals surface area (Å²) in [5, 5.41) is 13.3. The maximum absolute atomic E-state index is 12.6. The molecule has 2 rings (SSSR count). The van der Waals surface area contributed by atoms with E-state index in [1.165, 1.54) is 0 Å². The summed E-state index contributed by atoms with van der Waals surface area (Å²) in [7, 11) is 1.78. The van der Waals surface area contributed by atoms with E-state index < -0.39 is 6.10 Å². The van der Waals surface area contributed by atoms with Gasteiger partial charge in [0.2, 0.25) is 0 Å². The van der Waals surface area contributed by atoms with Crippen LogP contribution in [0.4, 0.5) is 5.82 Å². The Morgan fingerprint density at radius 2 is 2.24 bits per heavy atom. The largest absolute Gasteiger partial charge is 0.391 e. The summed E-state index contributed by atoms with van der Waals surface area (Å²) in [6.07, 6.45) is 6.01. The van der Waals surface area contributed by atoms with Crippen LogP contribution in [0.5, 0.6) is 0 Å². The van der Waals surface area contributed by atoms with Crippen LogP contribution in [0.25, 0.3) is 0 Å². The predicted octanol–water partition coefficient (Wildman–Crippen LogP) is 2.28. The molecule has 1 aliphatic carbocycles. The monoisotopic (exact) mass is 291 g/mol. The normalized spacial score (nSPS) is 21.9. The highest BCUT2D eigenvalue weighted by Gasteiger charge is 2.29. The summed E-state index contributed by atoms with van der Waals surface area (Å²) >= 11 is 0. The second-order valence-electron chi connectivity index (χ2n) is 5.69. The lowest BCUT2D eigenvalue weighted by atomic mass is 9.91. The Labute approximate surface area is 126 Å². The SMILES string of the molecule is CCCNc1cc(C(=O)N(C)C2CCCCC2O)ccn1. The molecular weight excluding hydrogens is 266 g/mol. The molecule has 1 heterocycles. The van der Waals surface area contributed by atoms with Crippen molar-refractivity contribution in [1.82, 2.24) is 9.88 Å². The highest BCUT2D eigenvalue weighted by Crippen LogP contribution is 2.23. The van der Waals surface area contributed by atoms with Crippen molar-refractivity contribution in [3.63, 3.8) is 0 Å². The smallest absolute Gasteiger partial charge is 0.254 e. The third-order valence-electron chi connectivity index (χ3n) is 4.07. The van der Waals surface area contributed by atoms with Crippen LogP contribution in [0.15, 0.2) is 18.3 Å². The van der Waals surface area contributed by atoms with E-state index in [0.717, 1.165) is 44.5 Å². The lowest BCUT2D eigenvalue weighted by Gasteiger charge is -2.35. The Morgan fingerprint density at radius 1 is 1.48 bits per heavy atom. The number of aromatic nitrogens is 1. The molecule has 5 heteroatoms. The van der Waals surface area contributed by atoms with E-state index in [4.69, 9.17) is 0 Å². The molecule has 2 N–H and O–H groups in total. The first-order chi connectivity index (χ1) is 10.1. The zero-order chi connectivity index (χ0) is 15.2. The van der Waals surface area contributed by atoms with Crippen molar-refractivity contribution in [3.05, 3.63) is 23.9 Å². The average Bonchev–Trinajstić information content (AvgIpc) is 2.52. The van der Waals surface area contributed by atoms with Crippen LogP contribution in [0, 0.1) is 0 Å².